The second-order valence-electron chi connectivity index (χ2n) is 4.79. The zero-order valence-electron chi connectivity index (χ0n) is 10.8. The number of hydrogen-bond acceptors (Lipinski definition) is 3. The minimum Gasteiger partial charge on any atom is -0.381 e. The predicted octanol–water partition coefficient (Wildman–Crippen LogP) is 2.07. The Morgan fingerprint density at radius 1 is 1.35 bits per heavy atom. The summed E-state index contributed by atoms with van der Waals surface area (Å²) in [5, 5.41) is 0. The summed E-state index contributed by atoms with van der Waals surface area (Å²) in [6.07, 6.45) is 2.21. The predicted molar refractivity (Wildman–Crippen MR) is 71.3 cm³/mol. The van der Waals surface area contributed by atoms with Crippen LogP contribution < -0.4 is 10.6 Å². The molecule has 2 rings (SSSR count). The highest BCUT2D eigenvalue weighted by Crippen LogP contribution is 2.25. The summed E-state index contributed by atoms with van der Waals surface area (Å²) in [7, 11) is 2.17. The van der Waals surface area contributed by atoms with Crippen LogP contribution in [-0.2, 0) is 11.3 Å². The smallest absolute Gasteiger partial charge is 0.0485 e. The molecular weight excluding hydrogens is 212 g/mol. The number of benzene rings is 1. The van der Waals surface area contributed by atoms with Crippen molar-refractivity contribution in [2.45, 2.75) is 32.4 Å². The summed E-state index contributed by atoms with van der Waals surface area (Å²) in [4.78, 5) is 2.37. The molecule has 3 heteroatoms. The van der Waals surface area contributed by atoms with E-state index in [-0.39, 0.29) is 0 Å². The summed E-state index contributed by atoms with van der Waals surface area (Å²) in [5.74, 6) is 0. The molecule has 0 unspecified atom stereocenters. The molecule has 1 saturated heterocycles. The van der Waals surface area contributed by atoms with Crippen molar-refractivity contribution in [2.75, 3.05) is 25.2 Å². The lowest BCUT2D eigenvalue weighted by atomic mass is 10.0. The quantitative estimate of drug-likeness (QED) is 0.870. The van der Waals surface area contributed by atoms with Gasteiger partial charge in [0.25, 0.3) is 0 Å². The fourth-order valence-corrected chi connectivity index (χ4v) is 2.49. The number of ether oxygens (including phenoxy) is 1. The molecule has 0 saturated carbocycles. The number of nitrogens with zero attached hydrogens (tertiary/aromatic N) is 1. The maximum Gasteiger partial charge on any atom is 0.0485 e. The highest BCUT2D eigenvalue weighted by atomic mass is 16.5. The zero-order valence-corrected chi connectivity index (χ0v) is 10.8. The third-order valence-electron chi connectivity index (χ3n) is 3.57. The Balaban J connectivity index is 2.19. The topological polar surface area (TPSA) is 38.5 Å². The second kappa shape index (κ2) is 5.52. The van der Waals surface area contributed by atoms with Gasteiger partial charge in [0.2, 0.25) is 0 Å². The maximum absolute atomic E-state index is 5.84. The van der Waals surface area contributed by atoms with E-state index in [1.165, 1.54) is 16.8 Å². The van der Waals surface area contributed by atoms with Crippen LogP contribution >= 0.6 is 0 Å². The van der Waals surface area contributed by atoms with Crippen LogP contribution in [0.4, 0.5) is 5.69 Å². The van der Waals surface area contributed by atoms with Gasteiger partial charge in [-0.1, -0.05) is 17.7 Å². The monoisotopic (exact) mass is 234 g/mol. The van der Waals surface area contributed by atoms with E-state index in [1.807, 2.05) is 0 Å². The first-order valence-electron chi connectivity index (χ1n) is 6.32. The van der Waals surface area contributed by atoms with E-state index in [4.69, 9.17) is 10.5 Å². The number of nitrogens with two attached hydrogens (primary N) is 1. The van der Waals surface area contributed by atoms with Crippen molar-refractivity contribution in [3.05, 3.63) is 29.3 Å². The lowest BCUT2D eigenvalue weighted by molar-refractivity contribution is 0.0854. The SMILES string of the molecule is Cc1ccc(N(C)C2CCOCC2)c(CN)c1. The molecule has 94 valence electrons. The summed E-state index contributed by atoms with van der Waals surface area (Å²) in [6.45, 7) is 4.46. The van der Waals surface area contributed by atoms with Gasteiger partial charge in [-0.25, -0.2) is 0 Å². The van der Waals surface area contributed by atoms with E-state index in [0.717, 1.165) is 26.1 Å². The average Bonchev–Trinajstić information content (AvgIpc) is 2.39. The first kappa shape index (κ1) is 12.4. The van der Waals surface area contributed by atoms with Gasteiger partial charge in [-0.15, -0.1) is 0 Å². The van der Waals surface area contributed by atoms with Crippen LogP contribution in [0.2, 0.25) is 0 Å². The number of rotatable bonds is 3. The third-order valence-corrected chi connectivity index (χ3v) is 3.57. The summed E-state index contributed by atoms with van der Waals surface area (Å²) in [6, 6.07) is 7.11. The van der Waals surface area contributed by atoms with Crippen molar-refractivity contribution >= 4 is 5.69 Å². The number of aryl methyl sites for hydroxylation is 1. The zero-order chi connectivity index (χ0) is 12.3. The highest BCUT2D eigenvalue weighted by molar-refractivity contribution is 5.55. The molecule has 1 aromatic rings. The molecule has 1 aliphatic heterocycles. The summed E-state index contributed by atoms with van der Waals surface area (Å²) < 4.78 is 5.41. The molecule has 17 heavy (non-hydrogen) atoms. The van der Waals surface area contributed by atoms with Gasteiger partial charge in [0.05, 0.1) is 0 Å². The lowest BCUT2D eigenvalue weighted by Gasteiger charge is -2.34. The molecular formula is C14H22N2O. The first-order valence-corrected chi connectivity index (χ1v) is 6.32. The molecule has 2 N–H and O–H groups in total. The minimum absolute atomic E-state index is 0.580. The summed E-state index contributed by atoms with van der Waals surface area (Å²) >= 11 is 0. The maximum atomic E-state index is 5.84. The Bertz CT molecular complexity index is 372. The van der Waals surface area contributed by atoms with E-state index in [2.05, 4.69) is 37.1 Å². The van der Waals surface area contributed by atoms with Gasteiger partial charge in [0.15, 0.2) is 0 Å². The molecule has 1 aromatic carbocycles. The van der Waals surface area contributed by atoms with Crippen LogP contribution in [0.3, 0.4) is 0 Å². The first-order chi connectivity index (χ1) is 8.22. The Morgan fingerprint density at radius 2 is 2.06 bits per heavy atom. The number of anilines is 1. The van der Waals surface area contributed by atoms with Crippen LogP contribution in [0.25, 0.3) is 0 Å². The van der Waals surface area contributed by atoms with Gasteiger partial charge in [-0.05, 0) is 31.4 Å². The van der Waals surface area contributed by atoms with Crippen LogP contribution in [0, 0.1) is 6.92 Å². The fraction of sp³-hybridized carbons (Fsp3) is 0.571. The molecule has 1 aliphatic rings. The van der Waals surface area contributed by atoms with E-state index in [1.54, 1.807) is 0 Å². The van der Waals surface area contributed by atoms with Gasteiger partial charge in [-0.2, -0.15) is 0 Å². The normalized spacial score (nSPS) is 17.1. The van der Waals surface area contributed by atoms with Crippen molar-refractivity contribution in [3.63, 3.8) is 0 Å². The lowest BCUT2D eigenvalue weighted by Crippen LogP contribution is -2.37. The van der Waals surface area contributed by atoms with Crippen LogP contribution in [-0.4, -0.2) is 26.3 Å². The third kappa shape index (κ3) is 2.79. The molecule has 0 aliphatic carbocycles. The van der Waals surface area contributed by atoms with E-state index in [0.29, 0.717) is 12.6 Å². The minimum atomic E-state index is 0.580. The van der Waals surface area contributed by atoms with Crippen LogP contribution in [0.15, 0.2) is 18.2 Å². The molecule has 0 amide bonds. The standard InChI is InChI=1S/C14H22N2O/c1-11-3-4-14(12(9-11)10-15)16(2)13-5-7-17-8-6-13/h3-4,9,13H,5-8,10,15H2,1-2H3. The molecule has 0 aromatic heterocycles. The summed E-state index contributed by atoms with van der Waals surface area (Å²) in [5.41, 5.74) is 9.61. The van der Waals surface area contributed by atoms with Gasteiger partial charge in [0, 0.05) is 38.5 Å². The molecule has 0 radical (unpaired) electrons. The molecule has 1 heterocycles. The largest absolute Gasteiger partial charge is 0.381 e. The van der Waals surface area contributed by atoms with Crippen molar-refractivity contribution in [3.8, 4) is 0 Å². The molecule has 0 spiro atoms. The van der Waals surface area contributed by atoms with Gasteiger partial charge < -0.3 is 15.4 Å². The van der Waals surface area contributed by atoms with Crippen molar-refractivity contribution < 1.29 is 4.74 Å². The van der Waals surface area contributed by atoms with Gasteiger partial charge in [0.1, 0.15) is 0 Å². The van der Waals surface area contributed by atoms with Gasteiger partial charge in [-0.3, -0.25) is 0 Å². The van der Waals surface area contributed by atoms with Crippen molar-refractivity contribution in [2.24, 2.45) is 5.73 Å². The van der Waals surface area contributed by atoms with E-state index >= 15 is 0 Å². The Kier molecular flexibility index (Phi) is 4.02. The van der Waals surface area contributed by atoms with E-state index in [9.17, 15) is 0 Å². The average molecular weight is 234 g/mol. The number of hydrogen-bond donors (Lipinski definition) is 1. The van der Waals surface area contributed by atoms with Crippen molar-refractivity contribution in [1.82, 2.24) is 0 Å². The van der Waals surface area contributed by atoms with E-state index < -0.39 is 0 Å². The Morgan fingerprint density at radius 3 is 2.71 bits per heavy atom. The fourth-order valence-electron chi connectivity index (χ4n) is 2.49. The van der Waals surface area contributed by atoms with Crippen LogP contribution in [0.5, 0.6) is 0 Å². The van der Waals surface area contributed by atoms with Crippen molar-refractivity contribution in [1.29, 1.82) is 0 Å². The molecule has 3 nitrogen and oxygen atoms in total. The van der Waals surface area contributed by atoms with Gasteiger partial charge >= 0.3 is 0 Å². The van der Waals surface area contributed by atoms with Crippen LogP contribution in [0.1, 0.15) is 24.0 Å². The molecule has 0 atom stereocenters. The molecule has 1 fully saturated rings. The second-order valence-corrected chi connectivity index (χ2v) is 4.79. The highest BCUT2D eigenvalue weighted by Gasteiger charge is 2.20. The Hall–Kier alpha value is -1.06. The Labute approximate surface area is 104 Å². The molecule has 0 bridgehead atoms.